The molecule has 0 unspecified atom stereocenters. The van der Waals surface area contributed by atoms with Gasteiger partial charge >= 0.3 is 0 Å². The SMILES string of the molecule is CCCCc1cn(C[C@H]2CCCN(C(=O)c3cc(C)on3)C2)nn1. The maximum atomic E-state index is 12.5. The Morgan fingerprint density at radius 3 is 3.08 bits per heavy atom. The van der Waals surface area contributed by atoms with Gasteiger partial charge in [0.25, 0.3) is 5.91 Å². The van der Waals surface area contributed by atoms with Gasteiger partial charge in [-0.1, -0.05) is 23.7 Å². The summed E-state index contributed by atoms with van der Waals surface area (Å²) in [5.74, 6) is 1.02. The van der Waals surface area contributed by atoms with E-state index in [0.717, 1.165) is 57.4 Å². The number of carbonyl (C=O) groups excluding carboxylic acids is 1. The Morgan fingerprint density at radius 1 is 1.46 bits per heavy atom. The highest BCUT2D eigenvalue weighted by Crippen LogP contribution is 2.20. The van der Waals surface area contributed by atoms with Crippen LogP contribution in [0, 0.1) is 12.8 Å². The molecule has 1 amide bonds. The van der Waals surface area contributed by atoms with Crippen molar-refractivity contribution in [3.63, 3.8) is 0 Å². The van der Waals surface area contributed by atoms with E-state index in [0.29, 0.717) is 17.4 Å². The molecule has 2 aromatic rings. The molecule has 1 fully saturated rings. The van der Waals surface area contributed by atoms with Crippen LogP contribution in [-0.2, 0) is 13.0 Å². The van der Waals surface area contributed by atoms with Crippen molar-refractivity contribution in [3.05, 3.63) is 29.4 Å². The summed E-state index contributed by atoms with van der Waals surface area (Å²) in [5, 5.41) is 12.3. The average Bonchev–Trinajstić information content (AvgIpc) is 3.21. The van der Waals surface area contributed by atoms with Gasteiger partial charge in [0.1, 0.15) is 5.76 Å². The first-order valence-corrected chi connectivity index (χ1v) is 8.77. The van der Waals surface area contributed by atoms with E-state index in [2.05, 4.69) is 22.4 Å². The fourth-order valence-electron chi connectivity index (χ4n) is 3.19. The van der Waals surface area contributed by atoms with Crippen LogP contribution in [-0.4, -0.2) is 44.0 Å². The van der Waals surface area contributed by atoms with Crippen LogP contribution in [0.15, 0.2) is 16.8 Å². The second-order valence-corrected chi connectivity index (χ2v) is 6.62. The topological polar surface area (TPSA) is 77.0 Å². The first kappa shape index (κ1) is 16.7. The van der Waals surface area contributed by atoms with Gasteiger partial charge in [0.15, 0.2) is 5.69 Å². The summed E-state index contributed by atoms with van der Waals surface area (Å²) in [7, 11) is 0. The summed E-state index contributed by atoms with van der Waals surface area (Å²) in [6.45, 7) is 6.29. The Bertz CT molecular complexity index is 678. The molecule has 1 saturated heterocycles. The highest BCUT2D eigenvalue weighted by Gasteiger charge is 2.26. The van der Waals surface area contributed by atoms with Crippen molar-refractivity contribution < 1.29 is 9.32 Å². The number of piperidine rings is 1. The number of nitrogens with zero attached hydrogens (tertiary/aromatic N) is 5. The average molecular weight is 331 g/mol. The Labute approximate surface area is 142 Å². The van der Waals surface area contributed by atoms with Crippen LogP contribution in [0.2, 0.25) is 0 Å². The second-order valence-electron chi connectivity index (χ2n) is 6.62. The van der Waals surface area contributed by atoms with Crippen molar-refractivity contribution in [2.45, 2.75) is 52.5 Å². The first-order chi connectivity index (χ1) is 11.7. The van der Waals surface area contributed by atoms with Gasteiger partial charge in [0.05, 0.1) is 5.69 Å². The smallest absolute Gasteiger partial charge is 0.276 e. The number of aryl methyl sites for hydroxylation is 2. The molecule has 1 aliphatic rings. The Kier molecular flexibility index (Phi) is 5.27. The highest BCUT2D eigenvalue weighted by molar-refractivity contribution is 5.92. The van der Waals surface area contributed by atoms with Crippen molar-refractivity contribution >= 4 is 5.91 Å². The number of carbonyl (C=O) groups is 1. The van der Waals surface area contributed by atoms with E-state index in [4.69, 9.17) is 4.52 Å². The van der Waals surface area contributed by atoms with E-state index in [1.54, 1.807) is 13.0 Å². The number of likely N-dealkylation sites (tertiary alicyclic amines) is 1. The van der Waals surface area contributed by atoms with Gasteiger partial charge < -0.3 is 9.42 Å². The van der Waals surface area contributed by atoms with Gasteiger partial charge in [-0.05, 0) is 38.5 Å². The molecule has 0 aliphatic carbocycles. The van der Waals surface area contributed by atoms with Crippen molar-refractivity contribution in [1.82, 2.24) is 25.1 Å². The number of hydrogen-bond donors (Lipinski definition) is 0. The standard InChI is InChI=1S/C17H25N5O2/c1-3-4-7-15-12-22(20-18-15)11-14-6-5-8-21(10-14)17(23)16-9-13(2)24-19-16/h9,12,14H,3-8,10-11H2,1-2H3/t14-/m0/s1. The lowest BCUT2D eigenvalue weighted by molar-refractivity contribution is 0.0649. The van der Waals surface area contributed by atoms with E-state index in [1.165, 1.54) is 0 Å². The molecule has 0 N–H and O–H groups in total. The predicted octanol–water partition coefficient (Wildman–Crippen LogP) is 2.47. The van der Waals surface area contributed by atoms with Gasteiger partial charge in [-0.15, -0.1) is 5.10 Å². The highest BCUT2D eigenvalue weighted by atomic mass is 16.5. The van der Waals surface area contributed by atoms with Crippen LogP contribution in [0.1, 0.15) is 54.5 Å². The molecule has 7 nitrogen and oxygen atoms in total. The monoisotopic (exact) mass is 331 g/mol. The number of hydrogen-bond acceptors (Lipinski definition) is 5. The number of aromatic nitrogens is 4. The van der Waals surface area contributed by atoms with Gasteiger partial charge in [-0.3, -0.25) is 9.48 Å². The molecule has 2 aromatic heterocycles. The normalized spacial score (nSPS) is 18.1. The van der Waals surface area contributed by atoms with Crippen LogP contribution in [0.3, 0.4) is 0 Å². The third kappa shape index (κ3) is 4.01. The Hall–Kier alpha value is -2.18. The fraction of sp³-hybridized carbons (Fsp3) is 0.647. The number of unbranched alkanes of at least 4 members (excludes halogenated alkanes) is 1. The molecule has 0 spiro atoms. The molecule has 0 radical (unpaired) electrons. The summed E-state index contributed by atoms with van der Waals surface area (Å²) in [6.07, 6.45) is 7.43. The summed E-state index contributed by atoms with van der Waals surface area (Å²) >= 11 is 0. The van der Waals surface area contributed by atoms with E-state index >= 15 is 0 Å². The van der Waals surface area contributed by atoms with Crippen molar-refractivity contribution in [2.24, 2.45) is 5.92 Å². The molecule has 24 heavy (non-hydrogen) atoms. The van der Waals surface area contributed by atoms with Crippen LogP contribution in [0.25, 0.3) is 0 Å². The molecule has 0 aromatic carbocycles. The lowest BCUT2D eigenvalue weighted by Gasteiger charge is -2.32. The van der Waals surface area contributed by atoms with Crippen LogP contribution < -0.4 is 0 Å². The van der Waals surface area contributed by atoms with Gasteiger partial charge in [0, 0.05) is 31.9 Å². The van der Waals surface area contributed by atoms with Gasteiger partial charge in [-0.25, -0.2) is 0 Å². The fourth-order valence-corrected chi connectivity index (χ4v) is 3.19. The third-order valence-electron chi connectivity index (χ3n) is 4.47. The van der Waals surface area contributed by atoms with Crippen LogP contribution >= 0.6 is 0 Å². The zero-order valence-electron chi connectivity index (χ0n) is 14.4. The molecule has 7 heteroatoms. The van der Waals surface area contributed by atoms with Gasteiger partial charge in [-0.2, -0.15) is 0 Å². The number of rotatable bonds is 6. The Morgan fingerprint density at radius 2 is 2.33 bits per heavy atom. The molecule has 3 heterocycles. The molecule has 1 aliphatic heterocycles. The summed E-state index contributed by atoms with van der Waals surface area (Å²) in [5.41, 5.74) is 1.45. The maximum Gasteiger partial charge on any atom is 0.276 e. The van der Waals surface area contributed by atoms with E-state index < -0.39 is 0 Å². The molecular weight excluding hydrogens is 306 g/mol. The van der Waals surface area contributed by atoms with E-state index in [1.807, 2.05) is 15.8 Å². The lowest BCUT2D eigenvalue weighted by atomic mass is 9.98. The zero-order chi connectivity index (χ0) is 16.9. The predicted molar refractivity (Wildman–Crippen MR) is 88.5 cm³/mol. The molecule has 3 rings (SSSR count). The van der Waals surface area contributed by atoms with Gasteiger partial charge in [0.2, 0.25) is 0 Å². The van der Waals surface area contributed by atoms with E-state index in [9.17, 15) is 4.79 Å². The van der Waals surface area contributed by atoms with E-state index in [-0.39, 0.29) is 5.91 Å². The van der Waals surface area contributed by atoms with Crippen molar-refractivity contribution in [1.29, 1.82) is 0 Å². The van der Waals surface area contributed by atoms with Crippen LogP contribution in [0.5, 0.6) is 0 Å². The second kappa shape index (κ2) is 7.59. The maximum absolute atomic E-state index is 12.5. The van der Waals surface area contributed by atoms with Crippen molar-refractivity contribution in [2.75, 3.05) is 13.1 Å². The zero-order valence-corrected chi connectivity index (χ0v) is 14.4. The summed E-state index contributed by atoms with van der Waals surface area (Å²) in [4.78, 5) is 14.4. The quantitative estimate of drug-likeness (QED) is 0.812. The van der Waals surface area contributed by atoms with Crippen LogP contribution in [0.4, 0.5) is 0 Å². The minimum Gasteiger partial charge on any atom is -0.361 e. The first-order valence-electron chi connectivity index (χ1n) is 8.77. The van der Waals surface area contributed by atoms with Crippen molar-refractivity contribution in [3.8, 4) is 0 Å². The molecule has 130 valence electrons. The minimum atomic E-state index is -0.0428. The Balaban J connectivity index is 1.57. The molecular formula is C17H25N5O2. The summed E-state index contributed by atoms with van der Waals surface area (Å²) < 4.78 is 6.93. The summed E-state index contributed by atoms with van der Waals surface area (Å²) in [6, 6.07) is 1.70. The molecule has 1 atom stereocenters. The largest absolute Gasteiger partial charge is 0.361 e. The molecule has 0 saturated carbocycles. The lowest BCUT2D eigenvalue weighted by Crippen LogP contribution is -2.41. The minimum absolute atomic E-state index is 0.0428. The third-order valence-corrected chi connectivity index (χ3v) is 4.47. The number of amides is 1. The molecule has 0 bridgehead atoms.